The van der Waals surface area contributed by atoms with E-state index in [2.05, 4.69) is 40.2 Å². The maximum absolute atomic E-state index is 5.98. The second-order valence-corrected chi connectivity index (χ2v) is 6.11. The third kappa shape index (κ3) is 6.00. The molecule has 0 atom stereocenters. The van der Waals surface area contributed by atoms with Crippen molar-refractivity contribution >= 4 is 6.21 Å². The fraction of sp³-hybridized carbons (Fsp3) is 0.381. The number of hydrogen-bond acceptors (Lipinski definition) is 4. The van der Waals surface area contributed by atoms with Crippen molar-refractivity contribution in [2.75, 3.05) is 46.0 Å². The Labute approximate surface area is 150 Å². The Kier molecular flexibility index (Phi) is 7.03. The minimum absolute atomic E-state index is 0.689. The molecule has 1 aliphatic heterocycles. The number of ether oxygens (including phenoxy) is 2. The number of benzene rings is 2. The molecule has 0 saturated carbocycles. The first-order chi connectivity index (χ1) is 12.4. The van der Waals surface area contributed by atoms with Gasteiger partial charge in [0.25, 0.3) is 0 Å². The van der Waals surface area contributed by atoms with Crippen LogP contribution >= 0.6 is 0 Å². The standard InChI is InChI=1S/C21H26N2O2/c1-2-6-19(7-3-1)10-11-22-18-20-8-4-5-9-21(20)25-17-14-23-12-15-24-16-13-23/h1-9,18H,10-17H2. The minimum atomic E-state index is 0.689. The van der Waals surface area contributed by atoms with Crippen LogP contribution in [0.25, 0.3) is 0 Å². The lowest BCUT2D eigenvalue weighted by Gasteiger charge is -2.26. The summed E-state index contributed by atoms with van der Waals surface area (Å²) in [5.74, 6) is 0.902. The van der Waals surface area contributed by atoms with Crippen LogP contribution in [0.5, 0.6) is 5.75 Å². The summed E-state index contributed by atoms with van der Waals surface area (Å²) in [5, 5.41) is 0. The molecule has 0 aromatic heterocycles. The Morgan fingerprint density at radius 3 is 2.60 bits per heavy atom. The number of morpholine rings is 1. The zero-order valence-electron chi connectivity index (χ0n) is 14.6. The van der Waals surface area contributed by atoms with Gasteiger partial charge >= 0.3 is 0 Å². The van der Waals surface area contributed by atoms with Crippen molar-refractivity contribution in [2.45, 2.75) is 6.42 Å². The van der Waals surface area contributed by atoms with Crippen LogP contribution in [0.3, 0.4) is 0 Å². The van der Waals surface area contributed by atoms with Gasteiger partial charge in [-0.1, -0.05) is 42.5 Å². The highest BCUT2D eigenvalue weighted by molar-refractivity contribution is 5.83. The molecule has 4 heteroatoms. The molecule has 0 bridgehead atoms. The lowest BCUT2D eigenvalue weighted by molar-refractivity contribution is 0.0322. The molecule has 1 fully saturated rings. The van der Waals surface area contributed by atoms with Crippen molar-refractivity contribution in [3.8, 4) is 5.75 Å². The maximum atomic E-state index is 5.98. The minimum Gasteiger partial charge on any atom is -0.492 e. The molecule has 3 rings (SSSR count). The van der Waals surface area contributed by atoms with E-state index in [4.69, 9.17) is 9.47 Å². The fourth-order valence-corrected chi connectivity index (χ4v) is 2.83. The maximum Gasteiger partial charge on any atom is 0.128 e. The molecule has 2 aromatic rings. The highest BCUT2D eigenvalue weighted by atomic mass is 16.5. The fourth-order valence-electron chi connectivity index (χ4n) is 2.83. The van der Waals surface area contributed by atoms with E-state index in [0.717, 1.165) is 57.1 Å². The number of nitrogens with zero attached hydrogens (tertiary/aromatic N) is 2. The van der Waals surface area contributed by atoms with E-state index in [1.807, 2.05) is 30.5 Å². The van der Waals surface area contributed by atoms with Gasteiger partial charge < -0.3 is 9.47 Å². The van der Waals surface area contributed by atoms with Crippen molar-refractivity contribution in [1.82, 2.24) is 4.90 Å². The number of aliphatic imine (C=N–C) groups is 1. The van der Waals surface area contributed by atoms with Crippen LogP contribution in [0.2, 0.25) is 0 Å². The van der Waals surface area contributed by atoms with E-state index < -0.39 is 0 Å². The van der Waals surface area contributed by atoms with Crippen LogP contribution in [-0.2, 0) is 11.2 Å². The lowest BCUT2D eigenvalue weighted by Crippen LogP contribution is -2.38. The van der Waals surface area contributed by atoms with Crippen LogP contribution in [-0.4, -0.2) is 57.1 Å². The van der Waals surface area contributed by atoms with Crippen LogP contribution in [0.15, 0.2) is 59.6 Å². The second-order valence-electron chi connectivity index (χ2n) is 6.11. The Bertz CT molecular complexity index is 652. The second kappa shape index (κ2) is 9.97. The first-order valence-electron chi connectivity index (χ1n) is 8.97. The lowest BCUT2D eigenvalue weighted by atomic mass is 10.1. The molecule has 1 saturated heterocycles. The Hall–Kier alpha value is -2.17. The van der Waals surface area contributed by atoms with Crippen LogP contribution in [0.1, 0.15) is 11.1 Å². The first kappa shape index (κ1) is 17.6. The Morgan fingerprint density at radius 2 is 1.76 bits per heavy atom. The predicted molar refractivity (Wildman–Crippen MR) is 102 cm³/mol. The Balaban J connectivity index is 1.47. The molecule has 0 aliphatic carbocycles. The van der Waals surface area contributed by atoms with Gasteiger partial charge in [0.15, 0.2) is 0 Å². The summed E-state index contributed by atoms with van der Waals surface area (Å²) in [6.07, 6.45) is 2.88. The molecule has 1 aliphatic rings. The molecule has 25 heavy (non-hydrogen) atoms. The molecule has 0 radical (unpaired) electrons. The van der Waals surface area contributed by atoms with Crippen LogP contribution in [0, 0.1) is 0 Å². The molecule has 132 valence electrons. The van der Waals surface area contributed by atoms with Gasteiger partial charge in [0, 0.05) is 38.0 Å². The third-order valence-corrected chi connectivity index (χ3v) is 4.29. The van der Waals surface area contributed by atoms with Crippen molar-refractivity contribution in [3.63, 3.8) is 0 Å². The van der Waals surface area contributed by atoms with Gasteiger partial charge in [-0.3, -0.25) is 9.89 Å². The molecular weight excluding hydrogens is 312 g/mol. The highest BCUT2D eigenvalue weighted by Gasteiger charge is 2.10. The van der Waals surface area contributed by atoms with Gasteiger partial charge in [-0.15, -0.1) is 0 Å². The summed E-state index contributed by atoms with van der Waals surface area (Å²) in [5.41, 5.74) is 2.35. The molecule has 1 heterocycles. The van der Waals surface area contributed by atoms with Crippen molar-refractivity contribution in [1.29, 1.82) is 0 Å². The van der Waals surface area contributed by atoms with Gasteiger partial charge in [0.1, 0.15) is 12.4 Å². The summed E-state index contributed by atoms with van der Waals surface area (Å²) >= 11 is 0. The summed E-state index contributed by atoms with van der Waals surface area (Å²) in [7, 11) is 0. The zero-order chi connectivity index (χ0) is 17.2. The molecule has 0 spiro atoms. The SMILES string of the molecule is C(=NCCc1ccccc1)c1ccccc1OCCN1CCOCC1. The van der Waals surface area contributed by atoms with E-state index in [1.54, 1.807) is 0 Å². The van der Waals surface area contributed by atoms with Crippen LogP contribution in [0.4, 0.5) is 0 Å². The van der Waals surface area contributed by atoms with Gasteiger partial charge in [0.2, 0.25) is 0 Å². The molecule has 4 nitrogen and oxygen atoms in total. The largest absolute Gasteiger partial charge is 0.492 e. The van der Waals surface area contributed by atoms with E-state index in [0.29, 0.717) is 6.61 Å². The van der Waals surface area contributed by atoms with E-state index >= 15 is 0 Å². The molecule has 2 aromatic carbocycles. The molecule has 0 unspecified atom stereocenters. The predicted octanol–water partition coefficient (Wildman–Crippen LogP) is 3.06. The van der Waals surface area contributed by atoms with E-state index in [9.17, 15) is 0 Å². The van der Waals surface area contributed by atoms with E-state index in [1.165, 1.54) is 5.56 Å². The topological polar surface area (TPSA) is 34.1 Å². The molecular formula is C21H26N2O2. The Morgan fingerprint density at radius 1 is 1.00 bits per heavy atom. The van der Waals surface area contributed by atoms with Gasteiger partial charge in [0.05, 0.1) is 13.2 Å². The summed E-state index contributed by atoms with van der Waals surface area (Å²) in [6.45, 7) is 6.04. The van der Waals surface area contributed by atoms with Crippen molar-refractivity contribution < 1.29 is 9.47 Å². The number of hydrogen-bond donors (Lipinski definition) is 0. The third-order valence-electron chi connectivity index (χ3n) is 4.29. The smallest absolute Gasteiger partial charge is 0.128 e. The monoisotopic (exact) mass is 338 g/mol. The van der Waals surface area contributed by atoms with Gasteiger partial charge in [-0.05, 0) is 24.1 Å². The van der Waals surface area contributed by atoms with Crippen LogP contribution < -0.4 is 4.74 Å². The van der Waals surface area contributed by atoms with E-state index in [-0.39, 0.29) is 0 Å². The molecule has 0 amide bonds. The van der Waals surface area contributed by atoms with Crippen molar-refractivity contribution in [2.24, 2.45) is 4.99 Å². The first-order valence-corrected chi connectivity index (χ1v) is 8.97. The average molecular weight is 338 g/mol. The number of rotatable bonds is 8. The summed E-state index contributed by atoms with van der Waals surface area (Å²) in [4.78, 5) is 6.94. The molecule has 0 N–H and O–H groups in total. The quantitative estimate of drug-likeness (QED) is 0.694. The van der Waals surface area contributed by atoms with Crippen molar-refractivity contribution in [3.05, 3.63) is 65.7 Å². The average Bonchev–Trinajstić information content (AvgIpc) is 2.68. The number of para-hydroxylation sites is 1. The zero-order valence-corrected chi connectivity index (χ0v) is 14.6. The van der Waals surface area contributed by atoms with Gasteiger partial charge in [-0.25, -0.2) is 0 Å². The highest BCUT2D eigenvalue weighted by Crippen LogP contribution is 2.16. The summed E-state index contributed by atoms with van der Waals surface area (Å²) < 4.78 is 11.4. The van der Waals surface area contributed by atoms with Gasteiger partial charge in [-0.2, -0.15) is 0 Å². The summed E-state index contributed by atoms with van der Waals surface area (Å²) in [6, 6.07) is 18.5. The normalized spacial score (nSPS) is 15.5.